The summed E-state index contributed by atoms with van der Waals surface area (Å²) in [5, 5.41) is 40.1. The second kappa shape index (κ2) is 8.05. The fraction of sp³-hybridized carbons (Fsp3) is 0.478. The SMILES string of the molecule is CN(C)c1ccc([C@@H]2O[C@H](CO)[C@@H](O)[C@H](O)[C@H]2O)cc1Cc1ccc2c(c1)CC2. The van der Waals surface area contributed by atoms with Crippen molar-refractivity contribution in [2.24, 2.45) is 0 Å². The van der Waals surface area contributed by atoms with Crippen LogP contribution in [-0.4, -0.2) is 65.5 Å². The number of aliphatic hydroxyl groups excluding tert-OH is 4. The van der Waals surface area contributed by atoms with Gasteiger partial charge in [-0.1, -0.05) is 30.3 Å². The van der Waals surface area contributed by atoms with Crippen molar-refractivity contribution in [3.05, 3.63) is 64.2 Å². The second-order valence-electron chi connectivity index (χ2n) is 8.31. The fourth-order valence-corrected chi connectivity index (χ4v) is 4.32. The summed E-state index contributed by atoms with van der Waals surface area (Å²) in [6.07, 6.45) is -2.71. The van der Waals surface area contributed by atoms with Crippen LogP contribution in [-0.2, 0) is 24.0 Å². The minimum atomic E-state index is -1.38. The van der Waals surface area contributed by atoms with E-state index >= 15 is 0 Å². The zero-order chi connectivity index (χ0) is 20.7. The van der Waals surface area contributed by atoms with E-state index in [0.717, 1.165) is 30.5 Å². The summed E-state index contributed by atoms with van der Waals surface area (Å²) in [4.78, 5) is 2.05. The van der Waals surface area contributed by atoms with Gasteiger partial charge in [0.15, 0.2) is 0 Å². The van der Waals surface area contributed by atoms with E-state index in [-0.39, 0.29) is 0 Å². The van der Waals surface area contributed by atoms with Crippen LogP contribution in [0.1, 0.15) is 33.9 Å². The summed E-state index contributed by atoms with van der Waals surface area (Å²) < 4.78 is 5.74. The number of aryl methyl sites for hydroxylation is 2. The maximum Gasteiger partial charge on any atom is 0.113 e. The van der Waals surface area contributed by atoms with E-state index in [2.05, 4.69) is 18.2 Å². The largest absolute Gasteiger partial charge is 0.394 e. The maximum absolute atomic E-state index is 10.5. The lowest BCUT2D eigenvalue weighted by Crippen LogP contribution is -2.55. The monoisotopic (exact) mass is 399 g/mol. The van der Waals surface area contributed by atoms with Crippen LogP contribution in [0.2, 0.25) is 0 Å². The molecule has 4 N–H and O–H groups in total. The lowest BCUT2D eigenvalue weighted by molar-refractivity contribution is -0.231. The minimum Gasteiger partial charge on any atom is -0.394 e. The minimum absolute atomic E-state index is 0.431. The van der Waals surface area contributed by atoms with Gasteiger partial charge in [-0.2, -0.15) is 0 Å². The number of benzene rings is 2. The van der Waals surface area contributed by atoms with Crippen molar-refractivity contribution in [3.63, 3.8) is 0 Å². The van der Waals surface area contributed by atoms with Gasteiger partial charge in [0, 0.05) is 19.8 Å². The Kier molecular flexibility index (Phi) is 5.64. The second-order valence-corrected chi connectivity index (χ2v) is 8.31. The van der Waals surface area contributed by atoms with E-state index in [1.807, 2.05) is 37.2 Å². The first-order chi connectivity index (χ1) is 13.9. The molecule has 4 rings (SSSR count). The smallest absolute Gasteiger partial charge is 0.113 e. The van der Waals surface area contributed by atoms with E-state index in [4.69, 9.17) is 4.74 Å². The third kappa shape index (κ3) is 3.79. The molecule has 156 valence electrons. The van der Waals surface area contributed by atoms with Gasteiger partial charge in [0.2, 0.25) is 0 Å². The summed E-state index contributed by atoms with van der Waals surface area (Å²) in [5.41, 5.74) is 6.95. The maximum atomic E-state index is 10.5. The van der Waals surface area contributed by atoms with E-state index in [9.17, 15) is 20.4 Å². The number of ether oxygens (including phenoxy) is 1. The van der Waals surface area contributed by atoms with Gasteiger partial charge in [-0.25, -0.2) is 0 Å². The standard InChI is InChI=1S/C23H29NO5/c1-24(2)18-8-7-16(23-22(28)21(27)20(26)19(12-25)29-23)11-17(18)10-13-3-4-14-5-6-15(14)9-13/h3-4,7-9,11,19-23,25-28H,5-6,10,12H2,1-2H3/t19-,20-,21+,22-,23+/m1/s1. The van der Waals surface area contributed by atoms with Crippen molar-refractivity contribution in [2.75, 3.05) is 25.6 Å². The van der Waals surface area contributed by atoms with Gasteiger partial charge in [0.1, 0.15) is 30.5 Å². The third-order valence-corrected chi connectivity index (χ3v) is 6.14. The van der Waals surface area contributed by atoms with E-state index < -0.39 is 37.1 Å². The van der Waals surface area contributed by atoms with Gasteiger partial charge < -0.3 is 30.1 Å². The molecule has 2 aromatic rings. The van der Waals surface area contributed by atoms with E-state index in [1.165, 1.54) is 16.7 Å². The fourth-order valence-electron chi connectivity index (χ4n) is 4.32. The first kappa shape index (κ1) is 20.3. The highest BCUT2D eigenvalue weighted by Gasteiger charge is 2.44. The lowest BCUT2D eigenvalue weighted by Gasteiger charge is -2.40. The van der Waals surface area contributed by atoms with Crippen molar-refractivity contribution in [1.82, 2.24) is 0 Å². The summed E-state index contributed by atoms with van der Waals surface area (Å²) in [6, 6.07) is 12.5. The molecule has 6 nitrogen and oxygen atoms in total. The van der Waals surface area contributed by atoms with Crippen LogP contribution >= 0.6 is 0 Å². The average molecular weight is 399 g/mol. The number of fused-ring (bicyclic) bond motifs is 1. The molecule has 0 spiro atoms. The number of rotatable bonds is 5. The molecule has 0 aromatic heterocycles. The summed E-state index contributed by atoms with van der Waals surface area (Å²) >= 11 is 0. The molecule has 2 aliphatic rings. The van der Waals surface area contributed by atoms with Crippen LogP contribution in [0.3, 0.4) is 0 Å². The normalized spacial score (nSPS) is 28.6. The highest BCUT2D eigenvalue weighted by atomic mass is 16.5. The number of hydrogen-bond donors (Lipinski definition) is 4. The van der Waals surface area contributed by atoms with Gasteiger partial charge in [-0.05, 0) is 53.1 Å². The molecule has 2 aromatic carbocycles. The van der Waals surface area contributed by atoms with Gasteiger partial charge in [0.25, 0.3) is 0 Å². The molecule has 1 heterocycles. The molecule has 1 fully saturated rings. The highest BCUT2D eigenvalue weighted by Crippen LogP contribution is 2.35. The molecule has 6 heteroatoms. The first-order valence-electron chi connectivity index (χ1n) is 10.1. The van der Waals surface area contributed by atoms with Crippen molar-refractivity contribution in [2.45, 2.75) is 49.8 Å². The van der Waals surface area contributed by atoms with Gasteiger partial charge in [-0.3, -0.25) is 0 Å². The molecule has 29 heavy (non-hydrogen) atoms. The van der Waals surface area contributed by atoms with Crippen molar-refractivity contribution < 1.29 is 25.2 Å². The Morgan fingerprint density at radius 1 is 0.931 bits per heavy atom. The molecule has 1 saturated heterocycles. The topological polar surface area (TPSA) is 93.4 Å². The van der Waals surface area contributed by atoms with Crippen LogP contribution in [0, 0.1) is 0 Å². The van der Waals surface area contributed by atoms with E-state index in [0.29, 0.717) is 5.56 Å². The Morgan fingerprint density at radius 2 is 1.69 bits per heavy atom. The summed E-state index contributed by atoms with van der Waals surface area (Å²) in [5.74, 6) is 0. The Labute approximate surface area is 171 Å². The van der Waals surface area contributed by atoms with Crippen molar-refractivity contribution in [1.29, 1.82) is 0 Å². The third-order valence-electron chi connectivity index (χ3n) is 6.14. The van der Waals surface area contributed by atoms with Gasteiger partial charge >= 0.3 is 0 Å². The molecular formula is C23H29NO5. The van der Waals surface area contributed by atoms with Gasteiger partial charge in [0.05, 0.1) is 6.61 Å². The average Bonchev–Trinajstić information content (AvgIpc) is 2.68. The molecule has 0 saturated carbocycles. The molecule has 0 bridgehead atoms. The number of hydrogen-bond acceptors (Lipinski definition) is 6. The zero-order valence-corrected chi connectivity index (χ0v) is 16.8. The number of anilines is 1. The molecule has 0 radical (unpaired) electrons. The van der Waals surface area contributed by atoms with Crippen LogP contribution in [0.15, 0.2) is 36.4 Å². The highest BCUT2D eigenvalue weighted by molar-refractivity contribution is 5.56. The predicted molar refractivity (Wildman–Crippen MR) is 110 cm³/mol. The Balaban J connectivity index is 1.66. The molecule has 1 aliphatic carbocycles. The van der Waals surface area contributed by atoms with Crippen LogP contribution in [0.5, 0.6) is 0 Å². The van der Waals surface area contributed by atoms with Crippen LogP contribution in [0.25, 0.3) is 0 Å². The van der Waals surface area contributed by atoms with Gasteiger partial charge in [-0.15, -0.1) is 0 Å². The van der Waals surface area contributed by atoms with Crippen molar-refractivity contribution >= 4 is 5.69 Å². The zero-order valence-electron chi connectivity index (χ0n) is 16.8. The van der Waals surface area contributed by atoms with Crippen molar-refractivity contribution in [3.8, 4) is 0 Å². The first-order valence-corrected chi connectivity index (χ1v) is 10.1. The predicted octanol–water partition coefficient (Wildman–Crippen LogP) is 0.957. The van der Waals surface area contributed by atoms with Crippen LogP contribution in [0.4, 0.5) is 5.69 Å². The summed E-state index contributed by atoms with van der Waals surface area (Å²) in [6.45, 7) is -0.431. The lowest BCUT2D eigenvalue weighted by atomic mass is 9.85. The van der Waals surface area contributed by atoms with E-state index in [1.54, 1.807) is 0 Å². The Bertz CT molecular complexity index is 882. The molecule has 0 unspecified atom stereocenters. The number of aliphatic hydroxyl groups is 4. The molecule has 0 amide bonds. The molecule has 1 aliphatic heterocycles. The molecular weight excluding hydrogens is 370 g/mol. The summed E-state index contributed by atoms with van der Waals surface area (Å²) in [7, 11) is 3.98. The van der Waals surface area contributed by atoms with Crippen LogP contribution < -0.4 is 4.90 Å². The Hall–Kier alpha value is -1.96. The Morgan fingerprint density at radius 3 is 2.31 bits per heavy atom. The molecule has 5 atom stereocenters. The quantitative estimate of drug-likeness (QED) is 0.599. The number of nitrogens with zero attached hydrogens (tertiary/aromatic N) is 1.